The van der Waals surface area contributed by atoms with E-state index in [1.165, 1.54) is 11.8 Å². The number of nitrogens with zero attached hydrogens (tertiary/aromatic N) is 2. The number of fused-ring (bicyclic) bond motifs is 1. The van der Waals surface area contributed by atoms with Gasteiger partial charge in [-0.05, 0) is 86.2 Å². The molecule has 1 heterocycles. The molecule has 1 aromatic heterocycles. The van der Waals surface area contributed by atoms with Gasteiger partial charge in [0.05, 0.1) is 31.5 Å². The summed E-state index contributed by atoms with van der Waals surface area (Å²) in [5, 5.41) is 12.3. The van der Waals surface area contributed by atoms with Crippen molar-refractivity contribution in [3.63, 3.8) is 0 Å². The molecule has 0 amide bonds. The number of aromatic nitrogens is 2. The average molecular weight is 480 g/mol. The Balaban J connectivity index is 1.22. The van der Waals surface area contributed by atoms with Crippen molar-refractivity contribution in [2.45, 2.75) is 45.1 Å². The third-order valence-electron chi connectivity index (χ3n) is 6.04. The summed E-state index contributed by atoms with van der Waals surface area (Å²) < 4.78 is 25.5. The summed E-state index contributed by atoms with van der Waals surface area (Å²) >= 11 is 0. The zero-order valence-corrected chi connectivity index (χ0v) is 19.8. The fourth-order valence-electron chi connectivity index (χ4n) is 4.32. The van der Waals surface area contributed by atoms with Crippen LogP contribution >= 0.6 is 0 Å². The molecule has 0 bridgehead atoms. The number of aliphatic carboxylic acids is 1. The van der Waals surface area contributed by atoms with Gasteiger partial charge in [0, 0.05) is 12.1 Å². The molecule has 0 saturated heterocycles. The molecule has 1 aliphatic carbocycles. The fourth-order valence-corrected chi connectivity index (χ4v) is 4.32. The summed E-state index contributed by atoms with van der Waals surface area (Å²) in [6.45, 7) is 3.98. The van der Waals surface area contributed by atoms with Crippen LogP contribution in [0.5, 0.6) is 11.5 Å². The van der Waals surface area contributed by atoms with Crippen LogP contribution in [0.1, 0.15) is 48.9 Å². The molecule has 1 aliphatic rings. The number of halogens is 1. The van der Waals surface area contributed by atoms with E-state index in [0.29, 0.717) is 37.8 Å². The standard InChI is InChI=1S/C27H30FN3O4/c1-2-34-21-8-6-18(7-9-21)27-30-16-24(28)25(31-27)17-29-12-3-13-35-22-10-11-23-19(14-22)4-5-20(23)15-26(32)33/h6-11,14,16,20,29H,2-5,12-13,15,17H2,1H3,(H,32,33)/t20-/m0/s1. The van der Waals surface area contributed by atoms with Crippen LogP contribution in [-0.2, 0) is 17.8 Å². The quantitative estimate of drug-likeness (QED) is 0.362. The number of carboxylic acid groups (broad SMARTS) is 1. The molecule has 2 aromatic carbocycles. The van der Waals surface area contributed by atoms with Crippen molar-refractivity contribution < 1.29 is 23.8 Å². The van der Waals surface area contributed by atoms with E-state index >= 15 is 0 Å². The molecule has 7 nitrogen and oxygen atoms in total. The summed E-state index contributed by atoms with van der Waals surface area (Å²) in [7, 11) is 0. The van der Waals surface area contributed by atoms with Gasteiger partial charge in [0.25, 0.3) is 0 Å². The summed E-state index contributed by atoms with van der Waals surface area (Å²) in [4.78, 5) is 19.5. The third-order valence-corrected chi connectivity index (χ3v) is 6.04. The molecular formula is C27H30FN3O4. The second kappa shape index (κ2) is 11.8. The van der Waals surface area contributed by atoms with E-state index in [-0.39, 0.29) is 12.3 Å². The smallest absolute Gasteiger partial charge is 0.303 e. The molecule has 0 aliphatic heterocycles. The van der Waals surface area contributed by atoms with Gasteiger partial charge in [-0.25, -0.2) is 14.4 Å². The van der Waals surface area contributed by atoms with Gasteiger partial charge in [0.1, 0.15) is 11.5 Å². The minimum absolute atomic E-state index is 0.0953. The van der Waals surface area contributed by atoms with E-state index in [9.17, 15) is 9.18 Å². The Hall–Kier alpha value is -3.52. The minimum atomic E-state index is -0.759. The highest BCUT2D eigenvalue weighted by atomic mass is 19.1. The molecule has 0 unspecified atom stereocenters. The summed E-state index contributed by atoms with van der Waals surface area (Å²) in [5.74, 6) is 0.925. The number of ether oxygens (including phenoxy) is 2. The number of hydrogen-bond donors (Lipinski definition) is 2. The molecule has 184 valence electrons. The normalized spacial score (nSPS) is 14.5. The molecule has 1 atom stereocenters. The topological polar surface area (TPSA) is 93.6 Å². The van der Waals surface area contributed by atoms with Crippen LogP contribution in [0.3, 0.4) is 0 Å². The predicted octanol–water partition coefficient (Wildman–Crippen LogP) is 4.74. The van der Waals surface area contributed by atoms with Gasteiger partial charge in [-0.1, -0.05) is 6.07 Å². The molecule has 0 fully saturated rings. The first-order valence-corrected chi connectivity index (χ1v) is 12.0. The third kappa shape index (κ3) is 6.54. The number of carbonyl (C=O) groups is 1. The number of carboxylic acids is 1. The Labute approximate surface area is 204 Å². The Morgan fingerprint density at radius 1 is 1.17 bits per heavy atom. The second-order valence-electron chi connectivity index (χ2n) is 8.52. The molecule has 0 radical (unpaired) electrons. The Morgan fingerprint density at radius 3 is 2.74 bits per heavy atom. The zero-order chi connectivity index (χ0) is 24.6. The molecule has 0 saturated carbocycles. The van der Waals surface area contributed by atoms with Gasteiger partial charge < -0.3 is 19.9 Å². The summed E-state index contributed by atoms with van der Waals surface area (Å²) in [6, 6.07) is 13.3. The van der Waals surface area contributed by atoms with E-state index in [0.717, 1.165) is 41.9 Å². The van der Waals surface area contributed by atoms with Crippen LogP contribution in [0, 0.1) is 5.82 Å². The first-order valence-electron chi connectivity index (χ1n) is 12.0. The Bertz CT molecular complexity index is 1150. The largest absolute Gasteiger partial charge is 0.494 e. The second-order valence-corrected chi connectivity index (χ2v) is 8.52. The lowest BCUT2D eigenvalue weighted by Crippen LogP contribution is -2.19. The van der Waals surface area contributed by atoms with Crippen LogP contribution in [0.4, 0.5) is 4.39 Å². The van der Waals surface area contributed by atoms with Crippen molar-refractivity contribution in [2.24, 2.45) is 0 Å². The van der Waals surface area contributed by atoms with Crippen molar-refractivity contribution in [3.8, 4) is 22.9 Å². The molecule has 4 rings (SSSR count). The van der Waals surface area contributed by atoms with Gasteiger partial charge in [-0.3, -0.25) is 4.79 Å². The van der Waals surface area contributed by atoms with Crippen molar-refractivity contribution in [3.05, 3.63) is 71.3 Å². The maximum atomic E-state index is 14.2. The Morgan fingerprint density at radius 2 is 1.97 bits per heavy atom. The van der Waals surface area contributed by atoms with Gasteiger partial charge in [0.2, 0.25) is 0 Å². The number of hydrogen-bond acceptors (Lipinski definition) is 6. The van der Waals surface area contributed by atoms with Crippen molar-refractivity contribution in [1.29, 1.82) is 0 Å². The maximum Gasteiger partial charge on any atom is 0.303 e. The van der Waals surface area contributed by atoms with Crippen molar-refractivity contribution >= 4 is 5.97 Å². The number of rotatable bonds is 12. The highest BCUT2D eigenvalue weighted by Gasteiger charge is 2.24. The maximum absolute atomic E-state index is 14.2. The summed E-state index contributed by atoms with van der Waals surface area (Å²) in [5.41, 5.74) is 3.42. The lowest BCUT2D eigenvalue weighted by molar-refractivity contribution is -0.137. The van der Waals surface area contributed by atoms with Crippen molar-refractivity contribution in [2.75, 3.05) is 19.8 Å². The van der Waals surface area contributed by atoms with E-state index in [2.05, 4.69) is 15.3 Å². The van der Waals surface area contributed by atoms with Crippen LogP contribution in [0.15, 0.2) is 48.7 Å². The van der Waals surface area contributed by atoms with E-state index in [1.807, 2.05) is 49.4 Å². The van der Waals surface area contributed by atoms with Gasteiger partial charge in [0.15, 0.2) is 11.6 Å². The summed E-state index contributed by atoms with van der Waals surface area (Å²) in [6.07, 6.45) is 3.88. The first kappa shape index (κ1) is 24.6. The monoisotopic (exact) mass is 479 g/mol. The predicted molar refractivity (Wildman–Crippen MR) is 130 cm³/mol. The minimum Gasteiger partial charge on any atom is -0.494 e. The molecular weight excluding hydrogens is 449 g/mol. The van der Waals surface area contributed by atoms with Crippen LogP contribution in [0.2, 0.25) is 0 Å². The van der Waals surface area contributed by atoms with Crippen molar-refractivity contribution in [1.82, 2.24) is 15.3 Å². The van der Waals surface area contributed by atoms with Gasteiger partial charge in [-0.15, -0.1) is 0 Å². The molecule has 3 aromatic rings. The van der Waals surface area contributed by atoms with E-state index in [4.69, 9.17) is 14.6 Å². The number of benzene rings is 2. The van der Waals surface area contributed by atoms with Gasteiger partial charge in [-0.2, -0.15) is 0 Å². The van der Waals surface area contributed by atoms with Crippen LogP contribution in [0.25, 0.3) is 11.4 Å². The fraction of sp³-hybridized carbons (Fsp3) is 0.370. The lowest BCUT2D eigenvalue weighted by atomic mass is 9.98. The highest BCUT2D eigenvalue weighted by molar-refractivity contribution is 5.68. The molecule has 35 heavy (non-hydrogen) atoms. The molecule has 0 spiro atoms. The number of nitrogens with one attached hydrogen (secondary N) is 1. The number of aryl methyl sites for hydroxylation is 1. The average Bonchev–Trinajstić information content (AvgIpc) is 3.24. The van der Waals surface area contributed by atoms with E-state index in [1.54, 1.807) is 0 Å². The molecule has 8 heteroatoms. The molecule has 2 N–H and O–H groups in total. The van der Waals surface area contributed by atoms with Crippen LogP contribution < -0.4 is 14.8 Å². The van der Waals surface area contributed by atoms with Gasteiger partial charge >= 0.3 is 5.97 Å². The Kier molecular flexibility index (Phi) is 8.26. The lowest BCUT2D eigenvalue weighted by Gasteiger charge is -2.11. The van der Waals surface area contributed by atoms with Crippen LogP contribution in [-0.4, -0.2) is 40.8 Å². The first-order chi connectivity index (χ1) is 17.0. The zero-order valence-electron chi connectivity index (χ0n) is 19.8. The highest BCUT2D eigenvalue weighted by Crippen LogP contribution is 2.37. The SMILES string of the molecule is CCOc1ccc(-c2ncc(F)c(CNCCCOc3ccc4c(c3)CC[C@H]4CC(=O)O)n2)cc1. The van der Waals surface area contributed by atoms with E-state index < -0.39 is 11.8 Å².